The van der Waals surface area contributed by atoms with Crippen LogP contribution in [0.15, 0.2) is 70.3 Å². The number of halogens is 1. The number of hydrazone groups is 1. The molecule has 8 nitrogen and oxygen atoms in total. The number of nitrogens with one attached hydrogen (secondary N) is 1. The number of aromatic nitrogens is 1. The highest BCUT2D eigenvalue weighted by atomic mass is 127. The van der Waals surface area contributed by atoms with Gasteiger partial charge in [-0.25, -0.2) is 10.2 Å². The van der Waals surface area contributed by atoms with Crippen LogP contribution in [0.1, 0.15) is 32.2 Å². The molecule has 0 atom stereocenters. The number of carbonyl (C=O) groups is 2. The standard InChI is InChI=1S/C23H18IN3O5/c1-31-21-10-14(6-8-18(21)24)22(28)26-25-11-15-12-27(19-5-3-2-4-17(15)19)13-16-7-9-20(32-16)23(29)30/h2-12H,13H2,1H3,(H,26,28)(H,29,30)/b25-11+. The molecule has 0 aliphatic rings. The van der Waals surface area contributed by atoms with Crippen LogP contribution in [0.2, 0.25) is 0 Å². The average Bonchev–Trinajstić information content (AvgIpc) is 3.40. The smallest absolute Gasteiger partial charge is 0.371 e. The predicted molar refractivity (Wildman–Crippen MR) is 127 cm³/mol. The Bertz CT molecular complexity index is 1340. The number of benzene rings is 2. The van der Waals surface area contributed by atoms with Crippen LogP contribution in [-0.2, 0) is 6.54 Å². The molecule has 0 saturated heterocycles. The van der Waals surface area contributed by atoms with Gasteiger partial charge in [-0.2, -0.15) is 5.10 Å². The van der Waals surface area contributed by atoms with Gasteiger partial charge in [0.05, 0.1) is 23.4 Å². The van der Waals surface area contributed by atoms with E-state index in [9.17, 15) is 9.59 Å². The Kier molecular flexibility index (Phi) is 6.26. The number of para-hydroxylation sites is 1. The first-order valence-electron chi connectivity index (χ1n) is 9.53. The summed E-state index contributed by atoms with van der Waals surface area (Å²) in [4.78, 5) is 23.5. The molecule has 0 fully saturated rings. The van der Waals surface area contributed by atoms with Crippen molar-refractivity contribution in [3.05, 3.63) is 87.0 Å². The van der Waals surface area contributed by atoms with E-state index >= 15 is 0 Å². The molecule has 9 heteroatoms. The van der Waals surface area contributed by atoms with Gasteiger partial charge in [-0.15, -0.1) is 0 Å². The van der Waals surface area contributed by atoms with Gasteiger partial charge in [0.2, 0.25) is 5.76 Å². The van der Waals surface area contributed by atoms with E-state index in [1.165, 1.54) is 6.07 Å². The molecule has 0 unspecified atom stereocenters. The summed E-state index contributed by atoms with van der Waals surface area (Å²) >= 11 is 2.13. The summed E-state index contributed by atoms with van der Waals surface area (Å²) in [5.74, 6) is -0.422. The molecule has 2 aromatic carbocycles. The number of rotatable bonds is 7. The molecule has 2 heterocycles. The van der Waals surface area contributed by atoms with Crippen LogP contribution in [0.4, 0.5) is 0 Å². The van der Waals surface area contributed by atoms with Crippen LogP contribution >= 0.6 is 22.6 Å². The topological polar surface area (TPSA) is 106 Å². The van der Waals surface area contributed by atoms with Crippen molar-refractivity contribution in [3.63, 3.8) is 0 Å². The highest BCUT2D eigenvalue weighted by Gasteiger charge is 2.12. The summed E-state index contributed by atoms with van der Waals surface area (Å²) in [7, 11) is 1.55. The summed E-state index contributed by atoms with van der Waals surface area (Å²) in [6, 6.07) is 16.0. The van der Waals surface area contributed by atoms with Gasteiger partial charge in [0.25, 0.3) is 5.91 Å². The van der Waals surface area contributed by atoms with Crippen molar-refractivity contribution < 1.29 is 23.8 Å². The number of fused-ring (bicyclic) bond motifs is 1. The van der Waals surface area contributed by atoms with Crippen molar-refractivity contribution in [2.24, 2.45) is 5.10 Å². The Morgan fingerprint density at radius 1 is 1.22 bits per heavy atom. The van der Waals surface area contributed by atoms with Crippen LogP contribution in [0.25, 0.3) is 10.9 Å². The van der Waals surface area contributed by atoms with Gasteiger partial charge < -0.3 is 18.8 Å². The maximum Gasteiger partial charge on any atom is 0.371 e. The Morgan fingerprint density at radius 3 is 2.78 bits per heavy atom. The third kappa shape index (κ3) is 4.52. The van der Waals surface area contributed by atoms with E-state index in [0.717, 1.165) is 20.0 Å². The Hall–Kier alpha value is -3.60. The van der Waals surface area contributed by atoms with Crippen LogP contribution in [0.5, 0.6) is 5.75 Å². The zero-order valence-electron chi connectivity index (χ0n) is 16.9. The van der Waals surface area contributed by atoms with Gasteiger partial charge in [0, 0.05) is 28.2 Å². The lowest BCUT2D eigenvalue weighted by Gasteiger charge is -2.05. The molecule has 2 N–H and O–H groups in total. The maximum absolute atomic E-state index is 12.4. The first-order chi connectivity index (χ1) is 15.5. The third-order valence-electron chi connectivity index (χ3n) is 4.80. The number of carbonyl (C=O) groups excluding carboxylic acids is 1. The summed E-state index contributed by atoms with van der Waals surface area (Å²) in [6.07, 6.45) is 3.45. The Labute approximate surface area is 196 Å². The average molecular weight is 543 g/mol. The van der Waals surface area contributed by atoms with Gasteiger partial charge in [0.1, 0.15) is 11.5 Å². The first-order valence-corrected chi connectivity index (χ1v) is 10.6. The van der Waals surface area contributed by atoms with Crippen molar-refractivity contribution in [1.29, 1.82) is 0 Å². The summed E-state index contributed by atoms with van der Waals surface area (Å²) < 4.78 is 13.5. The fraction of sp³-hybridized carbons (Fsp3) is 0.0870. The molecule has 4 rings (SSSR count). The zero-order chi connectivity index (χ0) is 22.7. The SMILES string of the molecule is COc1cc(C(=O)N/N=C/c2cn(Cc3ccc(C(=O)O)o3)c3ccccc23)ccc1I. The second kappa shape index (κ2) is 9.27. The molecular weight excluding hydrogens is 525 g/mol. The van der Waals surface area contributed by atoms with E-state index in [4.69, 9.17) is 14.3 Å². The molecule has 0 aliphatic carbocycles. The molecule has 1 amide bonds. The highest BCUT2D eigenvalue weighted by Crippen LogP contribution is 2.23. The van der Waals surface area contributed by atoms with Crippen molar-refractivity contribution in [1.82, 2.24) is 9.99 Å². The normalized spacial score (nSPS) is 11.2. The second-order valence-corrected chi connectivity index (χ2v) is 8.01. The van der Waals surface area contributed by atoms with Crippen molar-refractivity contribution >= 4 is 51.6 Å². The number of ether oxygens (including phenoxy) is 1. The third-order valence-corrected chi connectivity index (χ3v) is 5.69. The number of nitrogens with zero attached hydrogens (tertiary/aromatic N) is 2. The molecule has 0 bridgehead atoms. The number of furan rings is 1. The number of aromatic carboxylic acids is 1. The van der Waals surface area contributed by atoms with Gasteiger partial charge in [-0.3, -0.25) is 4.79 Å². The minimum atomic E-state index is -1.11. The molecule has 0 spiro atoms. The van der Waals surface area contributed by atoms with Gasteiger partial charge >= 0.3 is 5.97 Å². The number of amides is 1. The predicted octanol–water partition coefficient (Wildman–Crippen LogP) is 4.36. The van der Waals surface area contributed by atoms with E-state index in [-0.39, 0.29) is 11.7 Å². The number of carboxylic acids is 1. The second-order valence-electron chi connectivity index (χ2n) is 6.85. The van der Waals surface area contributed by atoms with Gasteiger partial charge in [-0.1, -0.05) is 18.2 Å². The minimum absolute atomic E-state index is 0.104. The quantitative estimate of drug-likeness (QED) is 0.205. The molecule has 0 aliphatic heterocycles. The summed E-state index contributed by atoms with van der Waals surface area (Å²) in [6.45, 7) is 0.358. The van der Waals surface area contributed by atoms with Crippen molar-refractivity contribution in [2.75, 3.05) is 7.11 Å². The number of hydrogen-bond donors (Lipinski definition) is 2. The number of carboxylic acid groups (broad SMARTS) is 1. The Morgan fingerprint density at radius 2 is 2.03 bits per heavy atom. The highest BCUT2D eigenvalue weighted by molar-refractivity contribution is 14.1. The number of methoxy groups -OCH3 is 1. The molecule has 0 saturated carbocycles. The fourth-order valence-electron chi connectivity index (χ4n) is 3.28. The Balaban J connectivity index is 1.54. The van der Waals surface area contributed by atoms with Crippen LogP contribution in [0, 0.1) is 3.57 Å². The van der Waals surface area contributed by atoms with Crippen LogP contribution in [0.3, 0.4) is 0 Å². The van der Waals surface area contributed by atoms with E-state index in [1.807, 2.05) is 35.0 Å². The van der Waals surface area contributed by atoms with E-state index in [0.29, 0.717) is 23.6 Å². The van der Waals surface area contributed by atoms with Crippen molar-refractivity contribution in [2.45, 2.75) is 6.54 Å². The molecule has 32 heavy (non-hydrogen) atoms. The molecular formula is C23H18IN3O5. The molecule has 162 valence electrons. The van der Waals surface area contributed by atoms with E-state index in [1.54, 1.807) is 37.6 Å². The van der Waals surface area contributed by atoms with E-state index in [2.05, 4.69) is 33.1 Å². The zero-order valence-corrected chi connectivity index (χ0v) is 19.1. The summed E-state index contributed by atoms with van der Waals surface area (Å²) in [5, 5.41) is 14.1. The van der Waals surface area contributed by atoms with Crippen LogP contribution in [-0.4, -0.2) is 34.9 Å². The number of hydrogen-bond acceptors (Lipinski definition) is 5. The maximum atomic E-state index is 12.4. The lowest BCUT2D eigenvalue weighted by atomic mass is 10.2. The fourth-order valence-corrected chi connectivity index (χ4v) is 3.84. The lowest BCUT2D eigenvalue weighted by molar-refractivity contribution is 0.0660. The monoisotopic (exact) mass is 543 g/mol. The van der Waals surface area contributed by atoms with E-state index < -0.39 is 5.97 Å². The molecule has 4 aromatic rings. The van der Waals surface area contributed by atoms with Gasteiger partial charge in [-0.05, 0) is 59.0 Å². The van der Waals surface area contributed by atoms with Gasteiger partial charge in [0.15, 0.2) is 0 Å². The summed E-state index contributed by atoms with van der Waals surface area (Å²) in [5.41, 5.74) is 4.70. The van der Waals surface area contributed by atoms with Crippen LogP contribution < -0.4 is 10.2 Å². The lowest BCUT2D eigenvalue weighted by Crippen LogP contribution is -2.17. The minimum Gasteiger partial charge on any atom is -0.496 e. The largest absolute Gasteiger partial charge is 0.496 e. The molecule has 2 aromatic heterocycles. The molecule has 0 radical (unpaired) electrons. The first kappa shape index (κ1) is 21.6. The van der Waals surface area contributed by atoms with Crippen molar-refractivity contribution in [3.8, 4) is 5.75 Å².